The molecule has 88 valence electrons. The predicted molar refractivity (Wildman–Crippen MR) is 62.2 cm³/mol. The summed E-state index contributed by atoms with van der Waals surface area (Å²) in [6, 6.07) is 4.35. The Morgan fingerprint density at radius 1 is 1.50 bits per heavy atom. The Labute approximate surface area is 99.4 Å². The van der Waals surface area contributed by atoms with Crippen LogP contribution in [-0.2, 0) is 6.42 Å². The molecule has 0 aromatic heterocycles. The van der Waals surface area contributed by atoms with Gasteiger partial charge in [-0.2, -0.15) is 0 Å². The molecule has 2 nitrogen and oxygen atoms in total. The van der Waals surface area contributed by atoms with Gasteiger partial charge in [0.15, 0.2) is 0 Å². The lowest BCUT2D eigenvalue weighted by atomic mass is 9.90. The van der Waals surface area contributed by atoms with Gasteiger partial charge in [0.25, 0.3) is 0 Å². The molecule has 0 spiro atoms. The predicted octanol–water partition coefficient (Wildman–Crippen LogP) is 2.14. The molecule has 1 aromatic rings. The molecule has 16 heavy (non-hydrogen) atoms. The summed E-state index contributed by atoms with van der Waals surface area (Å²) in [6.45, 7) is 0.952. The maximum atomic E-state index is 13.1. The van der Waals surface area contributed by atoms with Crippen LogP contribution in [0.1, 0.15) is 18.4 Å². The van der Waals surface area contributed by atoms with Crippen molar-refractivity contribution in [2.24, 2.45) is 0 Å². The molecule has 1 unspecified atom stereocenters. The normalized spacial score (nSPS) is 24.9. The Bertz CT molecular complexity index is 377. The fourth-order valence-corrected chi connectivity index (χ4v) is 2.44. The lowest BCUT2D eigenvalue weighted by molar-refractivity contribution is 0.177. The van der Waals surface area contributed by atoms with E-state index in [0.29, 0.717) is 11.4 Å². The van der Waals surface area contributed by atoms with E-state index in [1.54, 1.807) is 6.07 Å². The Balaban J connectivity index is 2.21. The number of hydrogen-bond donors (Lipinski definition) is 2. The van der Waals surface area contributed by atoms with Crippen LogP contribution in [0.15, 0.2) is 18.2 Å². The molecule has 1 atom stereocenters. The molecule has 1 fully saturated rings. The van der Waals surface area contributed by atoms with Crippen LogP contribution in [0.25, 0.3) is 0 Å². The quantitative estimate of drug-likeness (QED) is 0.853. The van der Waals surface area contributed by atoms with Crippen molar-refractivity contribution in [3.05, 3.63) is 34.6 Å². The largest absolute Gasteiger partial charge is 0.394 e. The summed E-state index contributed by atoms with van der Waals surface area (Å²) < 4.78 is 13.1. The molecular formula is C12H15ClFNO. The molecule has 2 N–H and O–H groups in total. The van der Waals surface area contributed by atoms with Crippen molar-refractivity contribution in [2.45, 2.75) is 24.8 Å². The van der Waals surface area contributed by atoms with Crippen LogP contribution < -0.4 is 5.32 Å². The second kappa shape index (κ2) is 4.70. The molecule has 1 aromatic carbocycles. The van der Waals surface area contributed by atoms with Crippen molar-refractivity contribution < 1.29 is 9.50 Å². The zero-order chi connectivity index (χ0) is 11.6. The van der Waals surface area contributed by atoms with E-state index < -0.39 is 0 Å². The molecule has 0 bridgehead atoms. The lowest BCUT2D eigenvalue weighted by Gasteiger charge is -2.27. The molecule has 0 radical (unpaired) electrons. The van der Waals surface area contributed by atoms with Gasteiger partial charge in [0, 0.05) is 10.6 Å². The van der Waals surface area contributed by atoms with Gasteiger partial charge < -0.3 is 10.4 Å². The van der Waals surface area contributed by atoms with Crippen molar-refractivity contribution >= 4 is 11.6 Å². The molecule has 0 amide bonds. The van der Waals surface area contributed by atoms with Crippen LogP contribution >= 0.6 is 11.6 Å². The third kappa shape index (κ3) is 2.37. The van der Waals surface area contributed by atoms with Crippen LogP contribution in [0.5, 0.6) is 0 Å². The van der Waals surface area contributed by atoms with Crippen molar-refractivity contribution in [3.63, 3.8) is 0 Å². The average molecular weight is 244 g/mol. The number of aliphatic hydroxyl groups excluding tert-OH is 1. The Hall–Kier alpha value is -0.640. The van der Waals surface area contributed by atoms with Gasteiger partial charge in [-0.1, -0.05) is 11.6 Å². The van der Waals surface area contributed by atoms with Crippen LogP contribution in [0.4, 0.5) is 4.39 Å². The minimum Gasteiger partial charge on any atom is -0.394 e. The van der Waals surface area contributed by atoms with Crippen molar-refractivity contribution in [3.8, 4) is 0 Å². The van der Waals surface area contributed by atoms with Crippen LogP contribution in [-0.4, -0.2) is 23.8 Å². The SMILES string of the molecule is OCC1(Cc2cc(F)ccc2Cl)CCCN1. The molecular weight excluding hydrogens is 229 g/mol. The van der Waals surface area contributed by atoms with E-state index in [1.807, 2.05) is 0 Å². The van der Waals surface area contributed by atoms with Gasteiger partial charge in [-0.05, 0) is 49.6 Å². The van der Waals surface area contributed by atoms with E-state index >= 15 is 0 Å². The molecule has 1 aliphatic rings. The molecule has 1 saturated heterocycles. The first-order valence-electron chi connectivity index (χ1n) is 5.45. The summed E-state index contributed by atoms with van der Waals surface area (Å²) in [4.78, 5) is 0. The van der Waals surface area contributed by atoms with Crippen LogP contribution in [0.3, 0.4) is 0 Å². The van der Waals surface area contributed by atoms with E-state index in [-0.39, 0.29) is 18.0 Å². The molecule has 2 rings (SSSR count). The lowest BCUT2D eigenvalue weighted by Crippen LogP contribution is -2.45. The Morgan fingerprint density at radius 3 is 2.94 bits per heavy atom. The fourth-order valence-electron chi connectivity index (χ4n) is 2.25. The summed E-state index contributed by atoms with van der Waals surface area (Å²) in [5.41, 5.74) is 0.433. The topological polar surface area (TPSA) is 32.3 Å². The first-order valence-corrected chi connectivity index (χ1v) is 5.83. The van der Waals surface area contributed by atoms with E-state index in [1.165, 1.54) is 12.1 Å². The highest BCUT2D eigenvalue weighted by Crippen LogP contribution is 2.27. The zero-order valence-corrected chi connectivity index (χ0v) is 9.73. The van der Waals surface area contributed by atoms with Gasteiger partial charge in [-0.25, -0.2) is 4.39 Å². The van der Waals surface area contributed by atoms with Gasteiger partial charge in [0.05, 0.1) is 6.61 Å². The van der Waals surface area contributed by atoms with Crippen molar-refractivity contribution in [2.75, 3.05) is 13.2 Å². The zero-order valence-electron chi connectivity index (χ0n) is 8.97. The molecule has 1 heterocycles. The molecule has 1 aliphatic heterocycles. The number of hydrogen-bond acceptors (Lipinski definition) is 2. The number of nitrogens with one attached hydrogen (secondary N) is 1. The van der Waals surface area contributed by atoms with Gasteiger partial charge >= 0.3 is 0 Å². The maximum Gasteiger partial charge on any atom is 0.123 e. The molecule has 0 aliphatic carbocycles. The maximum absolute atomic E-state index is 13.1. The summed E-state index contributed by atoms with van der Waals surface area (Å²) in [6.07, 6.45) is 2.50. The van der Waals surface area contributed by atoms with E-state index in [4.69, 9.17) is 11.6 Å². The number of halogens is 2. The van der Waals surface area contributed by atoms with Crippen LogP contribution in [0, 0.1) is 5.82 Å². The second-order valence-electron chi connectivity index (χ2n) is 4.38. The highest BCUT2D eigenvalue weighted by atomic mass is 35.5. The average Bonchev–Trinajstić information content (AvgIpc) is 2.73. The van der Waals surface area contributed by atoms with Crippen LogP contribution in [0.2, 0.25) is 5.02 Å². The van der Waals surface area contributed by atoms with E-state index in [9.17, 15) is 9.50 Å². The summed E-state index contributed by atoms with van der Waals surface area (Å²) in [7, 11) is 0. The Kier molecular flexibility index (Phi) is 3.47. The first-order chi connectivity index (χ1) is 7.65. The summed E-state index contributed by atoms with van der Waals surface area (Å²) in [5, 5.41) is 13.3. The summed E-state index contributed by atoms with van der Waals surface area (Å²) >= 11 is 6.02. The third-order valence-corrected chi connectivity index (χ3v) is 3.54. The number of aliphatic hydroxyl groups is 1. The van der Waals surface area contributed by atoms with E-state index in [2.05, 4.69) is 5.32 Å². The van der Waals surface area contributed by atoms with Crippen molar-refractivity contribution in [1.82, 2.24) is 5.32 Å². The smallest absolute Gasteiger partial charge is 0.123 e. The first kappa shape index (κ1) is 11.8. The molecule has 0 saturated carbocycles. The second-order valence-corrected chi connectivity index (χ2v) is 4.79. The van der Waals surface area contributed by atoms with Gasteiger partial charge in [0.2, 0.25) is 0 Å². The minimum absolute atomic E-state index is 0.0554. The Morgan fingerprint density at radius 2 is 2.31 bits per heavy atom. The van der Waals surface area contributed by atoms with E-state index in [0.717, 1.165) is 24.9 Å². The molecule has 4 heteroatoms. The monoisotopic (exact) mass is 243 g/mol. The third-order valence-electron chi connectivity index (χ3n) is 3.17. The fraction of sp³-hybridized carbons (Fsp3) is 0.500. The highest BCUT2D eigenvalue weighted by Gasteiger charge is 2.33. The van der Waals surface area contributed by atoms with Gasteiger partial charge in [-0.3, -0.25) is 0 Å². The minimum atomic E-state index is -0.322. The summed E-state index contributed by atoms with van der Waals surface area (Å²) in [5.74, 6) is -0.287. The standard InChI is InChI=1S/C12H15ClFNO/c13-11-3-2-10(14)6-9(11)7-12(8-16)4-1-5-15-12/h2-3,6,15-16H,1,4-5,7-8H2. The number of rotatable bonds is 3. The van der Waals surface area contributed by atoms with Gasteiger partial charge in [-0.15, -0.1) is 0 Å². The van der Waals surface area contributed by atoms with Gasteiger partial charge in [0.1, 0.15) is 5.82 Å². The van der Waals surface area contributed by atoms with Crippen molar-refractivity contribution in [1.29, 1.82) is 0 Å². The highest BCUT2D eigenvalue weighted by molar-refractivity contribution is 6.31. The number of benzene rings is 1.